The Morgan fingerprint density at radius 2 is 1.91 bits per heavy atom. The monoisotopic (exact) mass is 323 g/mol. The molecule has 0 saturated carbocycles. The van der Waals surface area contributed by atoms with E-state index in [9.17, 15) is 13.6 Å². The van der Waals surface area contributed by atoms with Crippen LogP contribution in [-0.4, -0.2) is 18.8 Å². The largest absolute Gasteiger partial charge is 0.497 e. The Labute approximate surface area is 131 Å². The number of benzene rings is 2. The van der Waals surface area contributed by atoms with E-state index < -0.39 is 11.6 Å². The highest BCUT2D eigenvalue weighted by Gasteiger charge is 2.08. The average Bonchev–Trinajstić information content (AvgIpc) is 2.51. The number of anilines is 1. The molecule has 1 N–H and O–H groups in total. The number of methoxy groups -OCH3 is 1. The Morgan fingerprint density at radius 3 is 2.55 bits per heavy atom. The summed E-state index contributed by atoms with van der Waals surface area (Å²) in [6.45, 7) is 0. The van der Waals surface area contributed by atoms with Gasteiger partial charge in [0.25, 0.3) is 0 Å². The lowest BCUT2D eigenvalue weighted by atomic mass is 10.2. The number of rotatable bonds is 6. The van der Waals surface area contributed by atoms with E-state index >= 15 is 0 Å². The van der Waals surface area contributed by atoms with Crippen molar-refractivity contribution >= 4 is 23.4 Å². The molecule has 0 aromatic heterocycles. The summed E-state index contributed by atoms with van der Waals surface area (Å²) >= 11 is 1.41. The summed E-state index contributed by atoms with van der Waals surface area (Å²) in [5.74, 6) is -0.174. The van der Waals surface area contributed by atoms with Crippen molar-refractivity contribution in [2.45, 2.75) is 5.75 Å². The second-order valence-corrected chi connectivity index (χ2v) is 5.50. The van der Waals surface area contributed by atoms with Crippen molar-refractivity contribution in [3.8, 4) is 5.75 Å². The predicted molar refractivity (Wildman–Crippen MR) is 84.1 cm³/mol. The van der Waals surface area contributed by atoms with Crippen LogP contribution in [0.25, 0.3) is 0 Å². The molecule has 6 heteroatoms. The molecule has 2 aromatic rings. The molecule has 0 atom stereocenters. The van der Waals surface area contributed by atoms with Crippen molar-refractivity contribution in [2.75, 3.05) is 18.2 Å². The molecule has 0 aliphatic heterocycles. The molecule has 0 radical (unpaired) electrons. The summed E-state index contributed by atoms with van der Waals surface area (Å²) in [7, 11) is 1.60. The zero-order valence-electron chi connectivity index (χ0n) is 11.9. The number of carbonyl (C=O) groups is 1. The normalized spacial score (nSPS) is 10.3. The number of nitrogens with one attached hydrogen (secondary N) is 1. The van der Waals surface area contributed by atoms with E-state index in [0.717, 1.165) is 23.4 Å². The van der Waals surface area contributed by atoms with Gasteiger partial charge in [0.2, 0.25) is 5.91 Å². The van der Waals surface area contributed by atoms with Crippen LogP contribution < -0.4 is 10.1 Å². The summed E-state index contributed by atoms with van der Waals surface area (Å²) in [5.41, 5.74) is 1.04. The topological polar surface area (TPSA) is 38.3 Å². The van der Waals surface area contributed by atoms with Crippen LogP contribution in [0.4, 0.5) is 14.5 Å². The first kappa shape index (κ1) is 16.3. The molecule has 1 amide bonds. The Balaban J connectivity index is 1.79. The molecule has 2 rings (SSSR count). The maximum absolute atomic E-state index is 13.4. The van der Waals surface area contributed by atoms with Gasteiger partial charge in [-0.1, -0.05) is 12.1 Å². The lowest BCUT2D eigenvalue weighted by Gasteiger charge is -2.07. The van der Waals surface area contributed by atoms with E-state index in [-0.39, 0.29) is 17.3 Å². The van der Waals surface area contributed by atoms with Crippen LogP contribution in [0.5, 0.6) is 5.75 Å². The Bertz CT molecular complexity index is 647. The summed E-state index contributed by atoms with van der Waals surface area (Å²) in [5, 5.41) is 2.42. The third kappa shape index (κ3) is 4.73. The van der Waals surface area contributed by atoms with Gasteiger partial charge in [-0.05, 0) is 29.8 Å². The molecule has 0 unspecified atom stereocenters. The number of carbonyl (C=O) groups excluding carboxylic acids is 1. The molecule has 0 fully saturated rings. The zero-order valence-corrected chi connectivity index (χ0v) is 12.8. The molecule has 0 saturated heterocycles. The standard InChI is InChI=1S/C16H15F2NO2S/c1-21-13-5-2-11(3-6-13)9-22-10-16(20)19-15-7-4-12(17)8-14(15)18/h2-8H,9-10H2,1H3,(H,19,20). The highest BCUT2D eigenvalue weighted by molar-refractivity contribution is 7.99. The number of amides is 1. The number of hydrogen-bond acceptors (Lipinski definition) is 3. The van der Waals surface area contributed by atoms with E-state index in [1.807, 2.05) is 24.3 Å². The molecular formula is C16H15F2NO2S. The highest BCUT2D eigenvalue weighted by Crippen LogP contribution is 2.18. The fraction of sp³-hybridized carbons (Fsp3) is 0.188. The first-order valence-electron chi connectivity index (χ1n) is 6.54. The minimum atomic E-state index is -0.784. The molecule has 22 heavy (non-hydrogen) atoms. The SMILES string of the molecule is COc1ccc(CSCC(=O)Nc2ccc(F)cc2F)cc1. The number of ether oxygens (including phenoxy) is 1. The van der Waals surface area contributed by atoms with Crippen LogP contribution in [0.2, 0.25) is 0 Å². The Hall–Kier alpha value is -2.08. The molecule has 2 aromatic carbocycles. The highest BCUT2D eigenvalue weighted by atomic mass is 32.2. The van der Waals surface area contributed by atoms with Crippen molar-refractivity contribution < 1.29 is 18.3 Å². The zero-order chi connectivity index (χ0) is 15.9. The number of thioether (sulfide) groups is 1. The van der Waals surface area contributed by atoms with Crippen LogP contribution >= 0.6 is 11.8 Å². The second-order valence-electron chi connectivity index (χ2n) is 4.51. The van der Waals surface area contributed by atoms with E-state index in [1.165, 1.54) is 17.8 Å². The Kier molecular flexibility index (Phi) is 5.77. The van der Waals surface area contributed by atoms with Crippen molar-refractivity contribution in [1.82, 2.24) is 0 Å². The summed E-state index contributed by atoms with van der Waals surface area (Å²) in [4.78, 5) is 11.7. The minimum absolute atomic E-state index is 0.0172. The lowest BCUT2D eigenvalue weighted by molar-refractivity contribution is -0.113. The van der Waals surface area contributed by atoms with Crippen LogP contribution in [-0.2, 0) is 10.5 Å². The van der Waals surface area contributed by atoms with Crippen molar-refractivity contribution in [1.29, 1.82) is 0 Å². The van der Waals surface area contributed by atoms with Crippen molar-refractivity contribution in [2.24, 2.45) is 0 Å². The lowest BCUT2D eigenvalue weighted by Crippen LogP contribution is -2.15. The van der Waals surface area contributed by atoms with Gasteiger partial charge in [-0.25, -0.2) is 8.78 Å². The molecule has 0 heterocycles. The molecule has 116 valence electrons. The van der Waals surface area contributed by atoms with Crippen LogP contribution in [0.15, 0.2) is 42.5 Å². The molecule has 0 bridgehead atoms. The average molecular weight is 323 g/mol. The molecule has 3 nitrogen and oxygen atoms in total. The van der Waals surface area contributed by atoms with Gasteiger partial charge >= 0.3 is 0 Å². The van der Waals surface area contributed by atoms with Gasteiger partial charge in [0, 0.05) is 11.8 Å². The fourth-order valence-electron chi connectivity index (χ4n) is 1.76. The van der Waals surface area contributed by atoms with Crippen molar-refractivity contribution in [3.05, 3.63) is 59.7 Å². The predicted octanol–water partition coefficient (Wildman–Crippen LogP) is 3.85. The van der Waals surface area contributed by atoms with E-state index in [0.29, 0.717) is 5.75 Å². The van der Waals surface area contributed by atoms with Crippen LogP contribution in [0, 0.1) is 11.6 Å². The smallest absolute Gasteiger partial charge is 0.234 e. The maximum Gasteiger partial charge on any atom is 0.234 e. The quantitative estimate of drug-likeness (QED) is 0.877. The van der Waals surface area contributed by atoms with Gasteiger partial charge < -0.3 is 10.1 Å². The summed E-state index contributed by atoms with van der Waals surface area (Å²) < 4.78 is 31.2. The Morgan fingerprint density at radius 1 is 1.18 bits per heavy atom. The second kappa shape index (κ2) is 7.79. The number of halogens is 2. The maximum atomic E-state index is 13.4. The third-order valence-corrected chi connectivity index (χ3v) is 3.87. The van der Waals surface area contributed by atoms with E-state index in [4.69, 9.17) is 4.74 Å². The minimum Gasteiger partial charge on any atom is -0.497 e. The first-order chi connectivity index (χ1) is 10.6. The first-order valence-corrected chi connectivity index (χ1v) is 7.69. The third-order valence-electron chi connectivity index (χ3n) is 2.87. The van der Waals surface area contributed by atoms with Gasteiger partial charge in [-0.15, -0.1) is 11.8 Å². The number of hydrogen-bond donors (Lipinski definition) is 1. The van der Waals surface area contributed by atoms with Gasteiger partial charge in [-0.2, -0.15) is 0 Å². The van der Waals surface area contributed by atoms with E-state index in [2.05, 4.69) is 5.32 Å². The molecule has 0 aliphatic carbocycles. The van der Waals surface area contributed by atoms with Crippen LogP contribution in [0.1, 0.15) is 5.56 Å². The van der Waals surface area contributed by atoms with Crippen molar-refractivity contribution in [3.63, 3.8) is 0 Å². The van der Waals surface area contributed by atoms with Gasteiger partial charge in [-0.3, -0.25) is 4.79 Å². The van der Waals surface area contributed by atoms with Gasteiger partial charge in [0.15, 0.2) is 0 Å². The van der Waals surface area contributed by atoms with Crippen LogP contribution in [0.3, 0.4) is 0 Å². The summed E-state index contributed by atoms with van der Waals surface area (Å²) in [6.07, 6.45) is 0. The molecular weight excluding hydrogens is 308 g/mol. The molecule has 0 aliphatic rings. The molecule has 0 spiro atoms. The fourth-order valence-corrected chi connectivity index (χ4v) is 2.55. The summed E-state index contributed by atoms with van der Waals surface area (Å²) in [6, 6.07) is 10.6. The van der Waals surface area contributed by atoms with E-state index in [1.54, 1.807) is 7.11 Å². The van der Waals surface area contributed by atoms with Gasteiger partial charge in [0.05, 0.1) is 18.6 Å². The van der Waals surface area contributed by atoms with Gasteiger partial charge in [0.1, 0.15) is 17.4 Å².